The van der Waals surface area contributed by atoms with Crippen LogP contribution in [0.1, 0.15) is 54.6 Å². The van der Waals surface area contributed by atoms with Gasteiger partial charge in [-0.3, -0.25) is 4.79 Å². The number of phenolic OH excluding ortho intramolecular Hbond substituents is 1. The number of carbonyl (C=O) groups is 2. The highest BCUT2D eigenvalue weighted by Crippen LogP contribution is 2.27. The van der Waals surface area contributed by atoms with Gasteiger partial charge in [0.2, 0.25) is 0 Å². The number of aromatic hydroxyl groups is 1. The third-order valence-electron chi connectivity index (χ3n) is 4.47. The highest BCUT2D eigenvalue weighted by molar-refractivity contribution is 5.98. The number of ether oxygens (including phenoxy) is 1. The molecule has 2 rings (SSSR count). The van der Waals surface area contributed by atoms with Crippen molar-refractivity contribution in [3.8, 4) is 5.75 Å². The summed E-state index contributed by atoms with van der Waals surface area (Å²) in [5.74, 6) is -0.980. The summed E-state index contributed by atoms with van der Waals surface area (Å²) in [6.07, 6.45) is -0.0447. The maximum Gasteiger partial charge on any atom is 0.342 e. The van der Waals surface area contributed by atoms with Gasteiger partial charge in [-0.05, 0) is 49.4 Å². The van der Waals surface area contributed by atoms with Crippen molar-refractivity contribution in [1.29, 1.82) is 0 Å². The number of para-hydroxylation sites is 2. The first-order valence-corrected chi connectivity index (χ1v) is 8.74. The van der Waals surface area contributed by atoms with Gasteiger partial charge in [-0.1, -0.05) is 44.2 Å². The van der Waals surface area contributed by atoms with E-state index < -0.39 is 18.0 Å². The predicted octanol–water partition coefficient (Wildman–Crippen LogP) is 4.40. The van der Waals surface area contributed by atoms with Crippen LogP contribution in [-0.2, 0) is 9.53 Å². The molecule has 0 aliphatic heterocycles. The molecule has 26 heavy (non-hydrogen) atoms. The van der Waals surface area contributed by atoms with Crippen molar-refractivity contribution in [3.05, 3.63) is 59.2 Å². The zero-order valence-corrected chi connectivity index (χ0v) is 15.6. The van der Waals surface area contributed by atoms with Gasteiger partial charge in [0.15, 0.2) is 6.10 Å². The van der Waals surface area contributed by atoms with Gasteiger partial charge in [-0.2, -0.15) is 0 Å². The van der Waals surface area contributed by atoms with E-state index in [0.717, 1.165) is 12.0 Å². The number of rotatable bonds is 6. The molecule has 0 heterocycles. The van der Waals surface area contributed by atoms with E-state index in [1.54, 1.807) is 19.1 Å². The maximum atomic E-state index is 12.4. The highest BCUT2D eigenvalue weighted by atomic mass is 16.5. The molecule has 0 fully saturated rings. The summed E-state index contributed by atoms with van der Waals surface area (Å²) < 4.78 is 5.22. The molecule has 1 amide bonds. The number of hydrogen-bond donors (Lipinski definition) is 2. The lowest BCUT2D eigenvalue weighted by atomic mass is 9.97. The van der Waals surface area contributed by atoms with E-state index in [9.17, 15) is 14.7 Å². The van der Waals surface area contributed by atoms with Crippen molar-refractivity contribution in [2.24, 2.45) is 0 Å². The SMILES string of the molecule is CC[C@@H](C)c1ccccc1NC(=O)[C@@H](C)OC(=O)c1cccc(C)c1O. The largest absolute Gasteiger partial charge is 0.507 e. The van der Waals surface area contributed by atoms with Crippen molar-refractivity contribution in [2.75, 3.05) is 5.32 Å². The maximum absolute atomic E-state index is 12.4. The van der Waals surface area contributed by atoms with Gasteiger partial charge in [0.25, 0.3) is 5.91 Å². The summed E-state index contributed by atoms with van der Waals surface area (Å²) in [4.78, 5) is 24.7. The minimum absolute atomic E-state index is 0.0460. The van der Waals surface area contributed by atoms with Gasteiger partial charge in [0.05, 0.1) is 0 Å². The lowest BCUT2D eigenvalue weighted by Gasteiger charge is -2.18. The molecule has 0 saturated heterocycles. The van der Waals surface area contributed by atoms with Crippen molar-refractivity contribution in [2.45, 2.75) is 46.1 Å². The Kier molecular flexibility index (Phi) is 6.39. The highest BCUT2D eigenvalue weighted by Gasteiger charge is 2.22. The van der Waals surface area contributed by atoms with Crippen LogP contribution < -0.4 is 5.32 Å². The summed E-state index contributed by atoms with van der Waals surface area (Å²) in [5.41, 5.74) is 2.37. The summed E-state index contributed by atoms with van der Waals surface area (Å²) in [6.45, 7) is 7.37. The van der Waals surface area contributed by atoms with Gasteiger partial charge in [-0.25, -0.2) is 4.79 Å². The third kappa shape index (κ3) is 4.42. The quantitative estimate of drug-likeness (QED) is 0.753. The second kappa shape index (κ2) is 8.52. The van der Waals surface area contributed by atoms with Gasteiger partial charge in [0.1, 0.15) is 11.3 Å². The number of nitrogens with one attached hydrogen (secondary N) is 1. The van der Waals surface area contributed by atoms with E-state index in [1.165, 1.54) is 13.0 Å². The Morgan fingerprint density at radius 3 is 2.50 bits per heavy atom. The Balaban J connectivity index is 2.09. The Morgan fingerprint density at radius 2 is 1.81 bits per heavy atom. The molecule has 0 aliphatic carbocycles. The lowest BCUT2D eigenvalue weighted by molar-refractivity contribution is -0.123. The molecule has 2 N–H and O–H groups in total. The number of aryl methyl sites for hydroxylation is 1. The fourth-order valence-electron chi connectivity index (χ4n) is 2.60. The van der Waals surface area contributed by atoms with Crippen molar-refractivity contribution >= 4 is 17.6 Å². The molecule has 0 aliphatic rings. The number of phenols is 1. The van der Waals surface area contributed by atoms with E-state index in [1.807, 2.05) is 24.3 Å². The first-order valence-electron chi connectivity index (χ1n) is 8.74. The van der Waals surface area contributed by atoms with Gasteiger partial charge in [0, 0.05) is 5.69 Å². The van der Waals surface area contributed by atoms with Crippen LogP contribution in [0.4, 0.5) is 5.69 Å². The van der Waals surface area contributed by atoms with Crippen LogP contribution in [0, 0.1) is 6.92 Å². The molecule has 2 aromatic rings. The second-order valence-corrected chi connectivity index (χ2v) is 6.40. The van der Waals surface area contributed by atoms with Crippen LogP contribution in [0.25, 0.3) is 0 Å². The van der Waals surface area contributed by atoms with Crippen molar-refractivity contribution in [3.63, 3.8) is 0 Å². The Bertz CT molecular complexity index is 800. The van der Waals surface area contributed by atoms with Crippen LogP contribution in [0.5, 0.6) is 5.75 Å². The molecule has 5 nitrogen and oxygen atoms in total. The Hall–Kier alpha value is -2.82. The van der Waals surface area contributed by atoms with E-state index in [0.29, 0.717) is 17.2 Å². The summed E-state index contributed by atoms with van der Waals surface area (Å²) in [7, 11) is 0. The van der Waals surface area contributed by atoms with Gasteiger partial charge < -0.3 is 15.2 Å². The molecular formula is C21H25NO4. The first-order chi connectivity index (χ1) is 12.3. The van der Waals surface area contributed by atoms with E-state index in [4.69, 9.17) is 4.74 Å². The molecule has 138 valence electrons. The Morgan fingerprint density at radius 1 is 1.12 bits per heavy atom. The van der Waals surface area contributed by atoms with Crippen LogP contribution in [0.2, 0.25) is 0 Å². The van der Waals surface area contributed by atoms with E-state index >= 15 is 0 Å². The first kappa shape index (κ1) is 19.5. The molecule has 0 spiro atoms. The predicted molar refractivity (Wildman–Crippen MR) is 101 cm³/mol. The molecule has 0 saturated carbocycles. The molecular weight excluding hydrogens is 330 g/mol. The van der Waals surface area contributed by atoms with Crippen LogP contribution in [0.3, 0.4) is 0 Å². The van der Waals surface area contributed by atoms with Crippen LogP contribution in [0.15, 0.2) is 42.5 Å². The molecule has 0 aromatic heterocycles. The smallest absolute Gasteiger partial charge is 0.342 e. The Labute approximate surface area is 154 Å². The third-order valence-corrected chi connectivity index (χ3v) is 4.47. The van der Waals surface area contributed by atoms with Crippen molar-refractivity contribution in [1.82, 2.24) is 0 Å². The molecule has 5 heteroatoms. The zero-order chi connectivity index (χ0) is 19.3. The number of carbonyl (C=O) groups excluding carboxylic acids is 2. The standard InChI is InChI=1S/C21H25NO4/c1-5-13(2)16-10-6-7-12-18(16)22-20(24)15(4)26-21(25)17-11-8-9-14(3)19(17)23/h6-13,15,23H,5H2,1-4H3,(H,22,24)/t13-,15-/m1/s1. The monoisotopic (exact) mass is 355 g/mol. The summed E-state index contributed by atoms with van der Waals surface area (Å²) in [5, 5.41) is 12.8. The summed E-state index contributed by atoms with van der Waals surface area (Å²) in [6, 6.07) is 12.4. The number of amides is 1. The normalized spacial score (nSPS) is 12.9. The molecule has 0 radical (unpaired) electrons. The number of anilines is 1. The average Bonchev–Trinajstić information content (AvgIpc) is 2.63. The zero-order valence-electron chi connectivity index (χ0n) is 15.6. The van der Waals surface area contributed by atoms with Crippen LogP contribution in [-0.4, -0.2) is 23.1 Å². The number of esters is 1. The minimum atomic E-state index is -0.993. The topological polar surface area (TPSA) is 75.6 Å². The molecule has 2 aromatic carbocycles. The van der Waals surface area contributed by atoms with E-state index in [2.05, 4.69) is 19.2 Å². The van der Waals surface area contributed by atoms with E-state index in [-0.39, 0.29) is 11.3 Å². The number of hydrogen-bond acceptors (Lipinski definition) is 4. The number of benzene rings is 2. The second-order valence-electron chi connectivity index (χ2n) is 6.40. The molecule has 0 bridgehead atoms. The van der Waals surface area contributed by atoms with Crippen LogP contribution >= 0.6 is 0 Å². The fourth-order valence-corrected chi connectivity index (χ4v) is 2.60. The lowest BCUT2D eigenvalue weighted by Crippen LogP contribution is -2.30. The fraction of sp³-hybridized carbons (Fsp3) is 0.333. The minimum Gasteiger partial charge on any atom is -0.507 e. The van der Waals surface area contributed by atoms with Crippen molar-refractivity contribution < 1.29 is 19.4 Å². The summed E-state index contributed by atoms with van der Waals surface area (Å²) >= 11 is 0. The average molecular weight is 355 g/mol. The van der Waals surface area contributed by atoms with Gasteiger partial charge in [-0.15, -0.1) is 0 Å². The molecule has 2 atom stereocenters. The van der Waals surface area contributed by atoms with Gasteiger partial charge >= 0.3 is 5.97 Å². The molecule has 0 unspecified atom stereocenters.